The number of anilines is 1. The summed E-state index contributed by atoms with van der Waals surface area (Å²) in [6.45, 7) is 0.198. The van der Waals surface area contributed by atoms with Crippen LogP contribution in [-0.4, -0.2) is 33.3 Å². The third kappa shape index (κ3) is 4.28. The van der Waals surface area contributed by atoms with Gasteiger partial charge in [0.1, 0.15) is 0 Å². The Morgan fingerprint density at radius 3 is 2.62 bits per heavy atom. The van der Waals surface area contributed by atoms with Gasteiger partial charge in [0.25, 0.3) is 17.4 Å². The summed E-state index contributed by atoms with van der Waals surface area (Å²) in [5, 5.41) is 8.44. The first kappa shape index (κ1) is 19.5. The van der Waals surface area contributed by atoms with Gasteiger partial charge in [0.2, 0.25) is 0 Å². The van der Waals surface area contributed by atoms with Crippen LogP contribution < -0.4 is 15.9 Å². The van der Waals surface area contributed by atoms with Crippen molar-refractivity contribution in [3.8, 4) is 5.69 Å². The summed E-state index contributed by atoms with van der Waals surface area (Å²) in [6, 6.07) is 11.9. The molecule has 0 bridgehead atoms. The van der Waals surface area contributed by atoms with Crippen molar-refractivity contribution in [1.82, 2.24) is 9.88 Å². The first-order valence-electron chi connectivity index (χ1n) is 8.98. The Balaban J connectivity index is 1.43. The molecule has 2 aliphatic heterocycles. The molecule has 0 spiro atoms. The fourth-order valence-corrected chi connectivity index (χ4v) is 4.24. The third-order valence-electron chi connectivity index (χ3n) is 4.45. The van der Waals surface area contributed by atoms with Gasteiger partial charge in [-0.15, -0.1) is 23.4 Å². The standard InChI is InChI=1S/C20H17ClN4O3S/c21-17-9-8-16(29-17)20(28)22-12-13-11-19(27)25(23-13)15-6-4-14(5-7-15)24-10-2-1-3-18(24)26/h1-8,10,17H,9,11-12H2,(H,22,28). The van der Waals surface area contributed by atoms with Gasteiger partial charge in [-0.2, -0.15) is 5.10 Å². The fourth-order valence-electron chi connectivity index (χ4n) is 3.03. The molecule has 0 saturated carbocycles. The van der Waals surface area contributed by atoms with Gasteiger partial charge in [0.15, 0.2) is 0 Å². The van der Waals surface area contributed by atoms with Crippen LogP contribution in [0.5, 0.6) is 0 Å². The van der Waals surface area contributed by atoms with E-state index in [1.165, 1.54) is 27.4 Å². The molecule has 7 nitrogen and oxygen atoms in total. The van der Waals surface area contributed by atoms with E-state index in [1.807, 2.05) is 6.08 Å². The Kier molecular flexibility index (Phi) is 5.55. The molecular formula is C20H17ClN4O3S. The van der Waals surface area contributed by atoms with Crippen LogP contribution in [0.25, 0.3) is 5.69 Å². The van der Waals surface area contributed by atoms with Gasteiger partial charge in [0.05, 0.1) is 34.0 Å². The van der Waals surface area contributed by atoms with Crippen LogP contribution in [0.2, 0.25) is 0 Å². The zero-order chi connectivity index (χ0) is 20.4. The lowest BCUT2D eigenvalue weighted by atomic mass is 10.2. The maximum Gasteiger partial charge on any atom is 0.257 e. The van der Waals surface area contributed by atoms with Crippen molar-refractivity contribution >= 4 is 46.6 Å². The lowest BCUT2D eigenvalue weighted by Crippen LogP contribution is -2.29. The second-order valence-electron chi connectivity index (χ2n) is 6.49. The Morgan fingerprint density at radius 2 is 1.93 bits per heavy atom. The van der Waals surface area contributed by atoms with Gasteiger partial charge in [-0.25, -0.2) is 5.01 Å². The van der Waals surface area contributed by atoms with Crippen LogP contribution in [0.1, 0.15) is 12.8 Å². The van der Waals surface area contributed by atoms with Crippen molar-refractivity contribution in [2.24, 2.45) is 5.10 Å². The predicted molar refractivity (Wildman–Crippen MR) is 115 cm³/mol. The minimum atomic E-state index is -0.204. The van der Waals surface area contributed by atoms with Crippen LogP contribution in [0, 0.1) is 0 Å². The number of alkyl halides is 1. The number of halogens is 1. The zero-order valence-electron chi connectivity index (χ0n) is 15.2. The number of nitrogens with one attached hydrogen (secondary N) is 1. The molecule has 0 fully saturated rings. The number of rotatable bonds is 5. The summed E-state index contributed by atoms with van der Waals surface area (Å²) >= 11 is 7.31. The van der Waals surface area contributed by atoms with Crippen molar-refractivity contribution in [2.45, 2.75) is 17.6 Å². The number of nitrogens with zero attached hydrogens (tertiary/aromatic N) is 3. The van der Waals surface area contributed by atoms with E-state index >= 15 is 0 Å². The smallest absolute Gasteiger partial charge is 0.257 e. The Labute approximate surface area is 176 Å². The van der Waals surface area contributed by atoms with Gasteiger partial charge in [-0.05, 0) is 36.8 Å². The van der Waals surface area contributed by atoms with E-state index in [0.29, 0.717) is 28.4 Å². The van der Waals surface area contributed by atoms with Gasteiger partial charge in [-0.3, -0.25) is 19.0 Å². The fraction of sp³-hybridized carbons (Fsp3) is 0.200. The molecule has 2 aliphatic rings. The molecule has 1 aromatic carbocycles. The van der Waals surface area contributed by atoms with Gasteiger partial charge in [0, 0.05) is 18.0 Å². The highest BCUT2D eigenvalue weighted by molar-refractivity contribution is 8.05. The lowest BCUT2D eigenvalue weighted by Gasteiger charge is -2.13. The molecule has 0 radical (unpaired) electrons. The third-order valence-corrected chi connectivity index (χ3v) is 5.95. The first-order chi connectivity index (χ1) is 14.0. The number of carbonyl (C=O) groups excluding carboxylic acids is 2. The number of hydrogen-bond acceptors (Lipinski definition) is 5. The van der Waals surface area contributed by atoms with Crippen LogP contribution in [-0.2, 0) is 9.59 Å². The maximum atomic E-state index is 12.3. The van der Waals surface area contributed by atoms with E-state index < -0.39 is 0 Å². The van der Waals surface area contributed by atoms with E-state index in [9.17, 15) is 14.4 Å². The van der Waals surface area contributed by atoms with Crippen molar-refractivity contribution in [2.75, 3.05) is 11.6 Å². The number of aromatic nitrogens is 1. The second kappa shape index (κ2) is 8.26. The van der Waals surface area contributed by atoms with E-state index in [0.717, 1.165) is 0 Å². The molecular weight excluding hydrogens is 412 g/mol. The second-order valence-corrected chi connectivity index (χ2v) is 8.52. The molecule has 29 heavy (non-hydrogen) atoms. The molecule has 1 unspecified atom stereocenters. The molecule has 2 amide bonds. The van der Waals surface area contributed by atoms with Crippen molar-refractivity contribution in [3.63, 3.8) is 0 Å². The molecule has 3 heterocycles. The molecule has 1 aromatic heterocycles. The Bertz CT molecular complexity index is 1080. The van der Waals surface area contributed by atoms with E-state index in [1.54, 1.807) is 42.6 Å². The number of thioether (sulfide) groups is 1. The summed E-state index contributed by atoms with van der Waals surface area (Å²) in [7, 11) is 0. The highest BCUT2D eigenvalue weighted by atomic mass is 35.5. The molecule has 4 rings (SSSR count). The maximum absolute atomic E-state index is 12.3. The first-order valence-corrected chi connectivity index (χ1v) is 10.3. The van der Waals surface area contributed by atoms with Crippen LogP contribution >= 0.6 is 23.4 Å². The van der Waals surface area contributed by atoms with E-state index in [4.69, 9.17) is 11.6 Å². The van der Waals surface area contributed by atoms with Crippen molar-refractivity contribution < 1.29 is 9.59 Å². The molecule has 1 N–H and O–H groups in total. The minimum absolute atomic E-state index is 0.105. The van der Waals surface area contributed by atoms with Crippen molar-refractivity contribution in [3.05, 3.63) is 70.0 Å². The minimum Gasteiger partial charge on any atom is -0.346 e. The van der Waals surface area contributed by atoms with E-state index in [2.05, 4.69) is 10.4 Å². The molecule has 0 aliphatic carbocycles. The number of hydrazone groups is 1. The van der Waals surface area contributed by atoms with Gasteiger partial charge >= 0.3 is 0 Å². The zero-order valence-corrected chi connectivity index (χ0v) is 16.8. The summed E-state index contributed by atoms with van der Waals surface area (Å²) in [5.74, 6) is -0.376. The summed E-state index contributed by atoms with van der Waals surface area (Å²) in [4.78, 5) is 37.0. The van der Waals surface area contributed by atoms with E-state index in [-0.39, 0.29) is 35.0 Å². The molecule has 1 atom stereocenters. The Morgan fingerprint density at radius 1 is 1.17 bits per heavy atom. The van der Waals surface area contributed by atoms with Crippen LogP contribution in [0.15, 0.2) is 69.5 Å². The lowest BCUT2D eigenvalue weighted by molar-refractivity contribution is -0.117. The summed E-state index contributed by atoms with van der Waals surface area (Å²) in [6.07, 6.45) is 4.30. The number of benzene rings is 1. The summed E-state index contributed by atoms with van der Waals surface area (Å²) < 4.78 is 1.41. The number of amides is 2. The summed E-state index contributed by atoms with van der Waals surface area (Å²) in [5.41, 5.74) is 1.74. The quantitative estimate of drug-likeness (QED) is 0.742. The highest BCUT2D eigenvalue weighted by Crippen LogP contribution is 2.34. The SMILES string of the molecule is O=C(NCC1=NN(c2ccc(-n3ccccc3=O)cc2)C(=O)C1)C1=CCC(Cl)S1. The van der Waals surface area contributed by atoms with Crippen LogP contribution in [0.3, 0.4) is 0 Å². The largest absolute Gasteiger partial charge is 0.346 e. The average Bonchev–Trinajstić information content (AvgIpc) is 3.32. The number of allylic oxidation sites excluding steroid dienone is 1. The highest BCUT2D eigenvalue weighted by Gasteiger charge is 2.26. The average molecular weight is 429 g/mol. The predicted octanol–water partition coefficient (Wildman–Crippen LogP) is 2.63. The van der Waals surface area contributed by atoms with Gasteiger partial charge < -0.3 is 5.32 Å². The topological polar surface area (TPSA) is 83.8 Å². The normalized spacial score (nSPS) is 18.6. The molecule has 2 aromatic rings. The number of hydrogen-bond donors (Lipinski definition) is 1. The Hall–Kier alpha value is -2.84. The van der Waals surface area contributed by atoms with Crippen molar-refractivity contribution in [1.29, 1.82) is 0 Å². The molecule has 148 valence electrons. The molecule has 9 heteroatoms. The van der Waals surface area contributed by atoms with Crippen LogP contribution in [0.4, 0.5) is 5.69 Å². The molecule has 0 saturated heterocycles. The number of carbonyl (C=O) groups is 2. The van der Waals surface area contributed by atoms with Gasteiger partial charge in [-0.1, -0.05) is 12.1 Å². The number of pyridine rings is 1. The monoisotopic (exact) mass is 428 g/mol.